The lowest BCUT2D eigenvalue weighted by Crippen LogP contribution is -2.29. The number of methoxy groups -OCH3 is 1. The van der Waals surface area contributed by atoms with Crippen LogP contribution in [0, 0.1) is 11.8 Å². The van der Waals surface area contributed by atoms with Gasteiger partial charge in [0.15, 0.2) is 5.78 Å². The highest BCUT2D eigenvalue weighted by Crippen LogP contribution is 2.54. The molecule has 5 heteroatoms. The molecule has 5 rings (SSSR count). The average Bonchev–Trinajstić information content (AvgIpc) is 3.42. The Morgan fingerprint density at radius 3 is 2.48 bits per heavy atom. The first kappa shape index (κ1) is 18.7. The topological polar surface area (TPSA) is 55.8 Å². The van der Waals surface area contributed by atoms with Crippen molar-refractivity contribution in [3.63, 3.8) is 0 Å². The molecule has 1 N–H and O–H groups in total. The number of rotatable bonds is 4. The molecule has 150 valence electrons. The van der Waals surface area contributed by atoms with E-state index >= 15 is 0 Å². The molecule has 2 saturated heterocycles. The first-order valence-corrected chi connectivity index (χ1v) is 10.5. The summed E-state index contributed by atoms with van der Waals surface area (Å²) < 4.78 is 11.3. The molecule has 2 aromatic rings. The van der Waals surface area contributed by atoms with Crippen LogP contribution in [0.25, 0.3) is 16.7 Å². The van der Waals surface area contributed by atoms with Crippen LogP contribution in [0.1, 0.15) is 30.9 Å². The number of aliphatic hydroxyl groups is 1. The number of carbonyl (C=O) groups is 1. The van der Waals surface area contributed by atoms with Gasteiger partial charge < -0.3 is 14.6 Å². The van der Waals surface area contributed by atoms with E-state index in [0.717, 1.165) is 41.5 Å². The minimum Gasteiger partial charge on any atom is -0.511 e. The number of carbonyl (C=O) groups excluding carboxylic acids is 1. The molecule has 0 spiro atoms. The molecule has 2 fully saturated rings. The average molecular weight is 411 g/mol. The van der Waals surface area contributed by atoms with E-state index in [1.54, 1.807) is 13.2 Å². The monoisotopic (exact) mass is 410 g/mol. The molecule has 0 aromatic heterocycles. The van der Waals surface area contributed by atoms with Gasteiger partial charge in [0.25, 0.3) is 0 Å². The van der Waals surface area contributed by atoms with Crippen LogP contribution in [0.3, 0.4) is 0 Å². The van der Waals surface area contributed by atoms with Crippen molar-refractivity contribution in [1.29, 1.82) is 0 Å². The Bertz CT molecular complexity index is 1040. The molecule has 2 heterocycles. The number of ether oxygens (including phenoxy) is 2. The maximum absolute atomic E-state index is 13.3. The Balaban J connectivity index is 1.62. The lowest BCUT2D eigenvalue weighted by molar-refractivity contribution is -0.118. The van der Waals surface area contributed by atoms with Crippen LogP contribution >= 0.6 is 11.6 Å². The summed E-state index contributed by atoms with van der Waals surface area (Å²) in [7, 11) is 1.59. The Morgan fingerprint density at radius 1 is 1.10 bits per heavy atom. The molecule has 4 atom stereocenters. The summed E-state index contributed by atoms with van der Waals surface area (Å²) in [5.74, 6) is 0.438. The molecule has 3 aliphatic rings. The smallest absolute Gasteiger partial charge is 0.173 e. The SMILES string of the molecule is CCc1ccc(-c2ccc(Cl)c(OC)c2)cc1C1=C(O)[C@H]2C3CCC(O3)[C@H]2C1=O. The van der Waals surface area contributed by atoms with Crippen molar-refractivity contribution in [2.24, 2.45) is 11.8 Å². The van der Waals surface area contributed by atoms with Gasteiger partial charge in [0.05, 0.1) is 41.7 Å². The largest absolute Gasteiger partial charge is 0.511 e. The Kier molecular flexibility index (Phi) is 4.45. The van der Waals surface area contributed by atoms with Crippen LogP contribution in [0.2, 0.25) is 5.02 Å². The number of halogens is 1. The van der Waals surface area contributed by atoms with Crippen molar-refractivity contribution in [2.75, 3.05) is 7.11 Å². The number of benzene rings is 2. The molecular weight excluding hydrogens is 388 g/mol. The van der Waals surface area contributed by atoms with Crippen LogP contribution in [0.4, 0.5) is 0 Å². The highest BCUT2D eigenvalue weighted by atomic mass is 35.5. The van der Waals surface area contributed by atoms with E-state index in [2.05, 4.69) is 6.92 Å². The quantitative estimate of drug-likeness (QED) is 0.750. The maximum atomic E-state index is 13.3. The summed E-state index contributed by atoms with van der Waals surface area (Å²) in [5.41, 5.74) is 4.27. The predicted octanol–water partition coefficient (Wildman–Crippen LogP) is 5.22. The fourth-order valence-corrected chi connectivity index (χ4v) is 5.42. The van der Waals surface area contributed by atoms with Gasteiger partial charge in [0, 0.05) is 0 Å². The number of allylic oxidation sites excluding steroid dienone is 1. The van der Waals surface area contributed by atoms with Crippen LogP contribution in [-0.2, 0) is 16.0 Å². The summed E-state index contributed by atoms with van der Waals surface area (Å²) in [6.07, 6.45) is 2.53. The zero-order valence-electron chi connectivity index (χ0n) is 16.4. The maximum Gasteiger partial charge on any atom is 0.173 e. The van der Waals surface area contributed by atoms with Crippen molar-refractivity contribution in [2.45, 2.75) is 38.4 Å². The first-order valence-electron chi connectivity index (χ1n) is 10.1. The van der Waals surface area contributed by atoms with Crippen LogP contribution in [-0.4, -0.2) is 30.2 Å². The van der Waals surface area contributed by atoms with Gasteiger partial charge in [-0.25, -0.2) is 0 Å². The zero-order valence-corrected chi connectivity index (χ0v) is 17.2. The van der Waals surface area contributed by atoms with E-state index in [1.807, 2.05) is 30.3 Å². The highest BCUT2D eigenvalue weighted by molar-refractivity contribution is 6.32. The zero-order chi connectivity index (χ0) is 20.3. The summed E-state index contributed by atoms with van der Waals surface area (Å²) >= 11 is 6.17. The molecule has 2 aliphatic heterocycles. The fraction of sp³-hybridized carbons (Fsp3) is 0.375. The van der Waals surface area contributed by atoms with Crippen molar-refractivity contribution >= 4 is 23.0 Å². The number of aliphatic hydroxyl groups excluding tert-OH is 1. The third-order valence-electron chi connectivity index (χ3n) is 6.64. The van der Waals surface area contributed by atoms with Gasteiger partial charge in [-0.15, -0.1) is 0 Å². The van der Waals surface area contributed by atoms with Crippen molar-refractivity contribution in [3.8, 4) is 16.9 Å². The van der Waals surface area contributed by atoms with Crippen LogP contribution in [0.15, 0.2) is 42.2 Å². The van der Waals surface area contributed by atoms with Gasteiger partial charge in [-0.1, -0.05) is 36.7 Å². The second-order valence-electron chi connectivity index (χ2n) is 8.04. The normalized spacial score (nSPS) is 27.6. The Morgan fingerprint density at radius 2 is 1.79 bits per heavy atom. The summed E-state index contributed by atoms with van der Waals surface area (Å²) in [6, 6.07) is 11.7. The van der Waals surface area contributed by atoms with Gasteiger partial charge in [-0.3, -0.25) is 4.79 Å². The molecule has 0 saturated carbocycles. The van der Waals surface area contributed by atoms with Crippen molar-refractivity contribution < 1.29 is 19.4 Å². The second-order valence-corrected chi connectivity index (χ2v) is 8.45. The van der Waals surface area contributed by atoms with Gasteiger partial charge in [0.2, 0.25) is 0 Å². The van der Waals surface area contributed by atoms with E-state index < -0.39 is 0 Å². The summed E-state index contributed by atoms with van der Waals surface area (Å²) in [4.78, 5) is 13.3. The second kappa shape index (κ2) is 6.89. The number of ketones is 1. The van der Waals surface area contributed by atoms with Crippen LogP contribution in [0.5, 0.6) is 5.75 Å². The lowest BCUT2D eigenvalue weighted by atomic mass is 9.80. The van der Waals surface area contributed by atoms with E-state index in [-0.39, 0.29) is 35.6 Å². The molecule has 2 aromatic carbocycles. The Labute approximate surface area is 175 Å². The van der Waals surface area contributed by atoms with Crippen LogP contribution < -0.4 is 4.74 Å². The van der Waals surface area contributed by atoms with E-state index in [1.165, 1.54) is 0 Å². The minimum absolute atomic E-state index is 0.0276. The molecule has 4 nitrogen and oxygen atoms in total. The molecule has 1 aliphatic carbocycles. The number of fused-ring (bicyclic) bond motifs is 5. The highest BCUT2D eigenvalue weighted by Gasteiger charge is 2.59. The molecule has 2 bridgehead atoms. The van der Waals surface area contributed by atoms with E-state index in [0.29, 0.717) is 16.3 Å². The molecule has 2 unspecified atom stereocenters. The lowest BCUT2D eigenvalue weighted by Gasteiger charge is -2.19. The molecular formula is C24H23ClO4. The van der Waals surface area contributed by atoms with Gasteiger partial charge in [-0.2, -0.15) is 0 Å². The van der Waals surface area contributed by atoms with E-state index in [4.69, 9.17) is 21.1 Å². The van der Waals surface area contributed by atoms with Gasteiger partial charge >= 0.3 is 0 Å². The van der Waals surface area contributed by atoms with Crippen molar-refractivity contribution in [3.05, 3.63) is 58.3 Å². The molecule has 0 amide bonds. The third-order valence-corrected chi connectivity index (χ3v) is 6.95. The standard InChI is InChI=1S/C24H23ClO4/c1-3-12-4-5-13(14-6-7-16(25)19(11-14)28-2)10-15(12)20-23(26)21-17-8-9-18(29-17)22(21)24(20)27/h4-7,10-11,17-18,21-22,26H,3,8-9H2,1-2H3/t17?,18?,21-,22+/m0/s1. The predicted molar refractivity (Wildman–Crippen MR) is 112 cm³/mol. The third kappa shape index (κ3) is 2.73. The molecule has 29 heavy (non-hydrogen) atoms. The fourth-order valence-electron chi connectivity index (χ4n) is 5.22. The van der Waals surface area contributed by atoms with Gasteiger partial charge in [-0.05, 0) is 59.7 Å². The van der Waals surface area contributed by atoms with Crippen molar-refractivity contribution in [1.82, 2.24) is 0 Å². The summed E-state index contributed by atoms with van der Waals surface area (Å²) in [6.45, 7) is 2.06. The van der Waals surface area contributed by atoms with E-state index in [9.17, 15) is 9.90 Å². The Hall–Kier alpha value is -2.30. The minimum atomic E-state index is -0.229. The number of hydrogen-bond acceptors (Lipinski definition) is 4. The number of hydrogen-bond donors (Lipinski definition) is 1. The molecule has 0 radical (unpaired) electrons. The number of aryl methyl sites for hydroxylation is 1. The summed E-state index contributed by atoms with van der Waals surface area (Å²) in [5, 5.41) is 11.6. The first-order chi connectivity index (χ1) is 14.0. The van der Waals surface area contributed by atoms with Gasteiger partial charge in [0.1, 0.15) is 11.5 Å². The number of Topliss-reactive ketones (excluding diaryl/α,β-unsaturated/α-hetero) is 1.